The van der Waals surface area contributed by atoms with Crippen LogP contribution < -0.4 is 14.8 Å². The molecule has 1 amide bonds. The number of amides is 1. The maximum absolute atomic E-state index is 12.4. The van der Waals surface area contributed by atoms with Gasteiger partial charge in [-0.1, -0.05) is 0 Å². The van der Waals surface area contributed by atoms with Crippen LogP contribution in [0.2, 0.25) is 0 Å². The number of aromatic nitrogens is 3. The number of nitrogens with one attached hydrogen (secondary N) is 2. The molecule has 1 aliphatic rings. The van der Waals surface area contributed by atoms with Crippen LogP contribution in [0.15, 0.2) is 36.5 Å². The zero-order valence-electron chi connectivity index (χ0n) is 14.5. The number of aromatic amines is 1. The van der Waals surface area contributed by atoms with Crippen LogP contribution >= 0.6 is 0 Å². The van der Waals surface area contributed by atoms with Gasteiger partial charge < -0.3 is 19.8 Å². The Labute approximate surface area is 150 Å². The Kier molecular flexibility index (Phi) is 4.43. The van der Waals surface area contributed by atoms with Crippen LogP contribution in [0.5, 0.6) is 11.5 Å². The highest BCUT2D eigenvalue weighted by molar-refractivity contribution is 5.77. The minimum atomic E-state index is -0.0468. The molecular formula is C19H20N4O3. The standard InChI is InChI=1S/C19H20N4O3/c1-25-12-4-5-13-14(8-10-26-16(13)11-12)22-18(24)7-6-17-21-15-3-2-9-20-19(15)23-17/h2-5,9,11,14H,6-8,10H2,1H3,(H,22,24)(H,20,21,23). The SMILES string of the molecule is COc1ccc2c(c1)OCCC2NC(=O)CCc1nc2ncccc2[nH]1. The zero-order valence-corrected chi connectivity index (χ0v) is 14.5. The second kappa shape index (κ2) is 7.03. The van der Waals surface area contributed by atoms with Crippen molar-refractivity contribution in [3.8, 4) is 11.5 Å². The van der Waals surface area contributed by atoms with Crippen LogP contribution in [0, 0.1) is 0 Å². The molecule has 26 heavy (non-hydrogen) atoms. The normalized spacial score (nSPS) is 16.0. The molecule has 1 aliphatic heterocycles. The molecule has 0 spiro atoms. The number of imidazole rings is 1. The quantitative estimate of drug-likeness (QED) is 0.737. The number of carbonyl (C=O) groups is 1. The minimum Gasteiger partial charge on any atom is -0.497 e. The summed E-state index contributed by atoms with van der Waals surface area (Å²) in [5, 5.41) is 3.10. The van der Waals surface area contributed by atoms with Gasteiger partial charge >= 0.3 is 0 Å². The molecule has 2 aromatic heterocycles. The third kappa shape index (κ3) is 3.33. The lowest BCUT2D eigenvalue weighted by Crippen LogP contribution is -2.32. The molecule has 0 aliphatic carbocycles. The topological polar surface area (TPSA) is 89.1 Å². The first kappa shape index (κ1) is 16.4. The van der Waals surface area contributed by atoms with Crippen molar-refractivity contribution in [2.24, 2.45) is 0 Å². The Hall–Kier alpha value is -3.09. The van der Waals surface area contributed by atoms with Gasteiger partial charge in [0.15, 0.2) is 5.65 Å². The monoisotopic (exact) mass is 352 g/mol. The van der Waals surface area contributed by atoms with E-state index >= 15 is 0 Å². The molecule has 0 radical (unpaired) electrons. The predicted octanol–water partition coefficient (Wildman–Crippen LogP) is 2.54. The van der Waals surface area contributed by atoms with Gasteiger partial charge in [-0.05, 0) is 24.3 Å². The van der Waals surface area contributed by atoms with Gasteiger partial charge in [0.05, 0.1) is 25.3 Å². The second-order valence-electron chi connectivity index (χ2n) is 6.22. The number of fused-ring (bicyclic) bond motifs is 2. The molecule has 0 bridgehead atoms. The van der Waals surface area contributed by atoms with E-state index in [4.69, 9.17) is 9.47 Å². The molecule has 1 aromatic carbocycles. The predicted molar refractivity (Wildman–Crippen MR) is 96.2 cm³/mol. The molecule has 134 valence electrons. The lowest BCUT2D eigenvalue weighted by atomic mass is 10.00. The lowest BCUT2D eigenvalue weighted by Gasteiger charge is -2.27. The molecule has 0 fully saturated rings. The van der Waals surface area contributed by atoms with Crippen molar-refractivity contribution in [3.05, 3.63) is 47.9 Å². The first-order valence-corrected chi connectivity index (χ1v) is 8.62. The van der Waals surface area contributed by atoms with Gasteiger partial charge in [-0.15, -0.1) is 0 Å². The van der Waals surface area contributed by atoms with Crippen molar-refractivity contribution in [2.75, 3.05) is 13.7 Å². The molecule has 7 nitrogen and oxygen atoms in total. The van der Waals surface area contributed by atoms with Crippen molar-refractivity contribution >= 4 is 17.1 Å². The summed E-state index contributed by atoms with van der Waals surface area (Å²) >= 11 is 0. The van der Waals surface area contributed by atoms with E-state index < -0.39 is 0 Å². The Morgan fingerprint density at radius 3 is 3.19 bits per heavy atom. The van der Waals surface area contributed by atoms with Crippen molar-refractivity contribution in [1.82, 2.24) is 20.3 Å². The molecule has 2 N–H and O–H groups in total. The van der Waals surface area contributed by atoms with E-state index in [9.17, 15) is 4.79 Å². The van der Waals surface area contributed by atoms with E-state index in [1.165, 1.54) is 0 Å². The molecule has 7 heteroatoms. The van der Waals surface area contributed by atoms with Gasteiger partial charge in [-0.2, -0.15) is 0 Å². The van der Waals surface area contributed by atoms with Crippen molar-refractivity contribution in [1.29, 1.82) is 0 Å². The summed E-state index contributed by atoms with van der Waals surface area (Å²) in [7, 11) is 1.62. The maximum atomic E-state index is 12.4. The first-order chi connectivity index (χ1) is 12.7. The number of aryl methyl sites for hydroxylation is 1. The van der Waals surface area contributed by atoms with Crippen LogP contribution in [-0.2, 0) is 11.2 Å². The van der Waals surface area contributed by atoms with Gasteiger partial charge in [0.2, 0.25) is 5.91 Å². The average Bonchev–Trinajstić information content (AvgIpc) is 3.09. The smallest absolute Gasteiger partial charge is 0.220 e. The molecule has 0 saturated heterocycles. The molecule has 3 heterocycles. The zero-order chi connectivity index (χ0) is 17.9. The van der Waals surface area contributed by atoms with Crippen LogP contribution in [0.4, 0.5) is 0 Å². The van der Waals surface area contributed by atoms with Gasteiger partial charge in [-0.25, -0.2) is 9.97 Å². The van der Waals surface area contributed by atoms with E-state index in [1.54, 1.807) is 13.3 Å². The number of methoxy groups -OCH3 is 1. The summed E-state index contributed by atoms with van der Waals surface area (Å²) in [6.45, 7) is 0.570. The molecule has 1 atom stereocenters. The van der Waals surface area contributed by atoms with Crippen LogP contribution in [-0.4, -0.2) is 34.6 Å². The number of benzene rings is 1. The van der Waals surface area contributed by atoms with Crippen molar-refractivity contribution in [3.63, 3.8) is 0 Å². The fourth-order valence-electron chi connectivity index (χ4n) is 3.16. The van der Waals surface area contributed by atoms with Crippen LogP contribution in [0.25, 0.3) is 11.2 Å². The van der Waals surface area contributed by atoms with E-state index in [0.29, 0.717) is 25.1 Å². The van der Waals surface area contributed by atoms with Gasteiger partial charge in [0, 0.05) is 37.1 Å². The van der Waals surface area contributed by atoms with Crippen LogP contribution in [0.1, 0.15) is 30.3 Å². The van der Waals surface area contributed by atoms with Crippen molar-refractivity contribution < 1.29 is 14.3 Å². The number of hydrogen-bond acceptors (Lipinski definition) is 5. The number of ether oxygens (including phenoxy) is 2. The van der Waals surface area contributed by atoms with Gasteiger partial charge in [0.25, 0.3) is 0 Å². The second-order valence-corrected chi connectivity index (χ2v) is 6.22. The van der Waals surface area contributed by atoms with E-state index in [0.717, 1.165) is 34.8 Å². The first-order valence-electron chi connectivity index (χ1n) is 8.62. The summed E-state index contributed by atoms with van der Waals surface area (Å²) in [4.78, 5) is 24.2. The fraction of sp³-hybridized carbons (Fsp3) is 0.316. The van der Waals surface area contributed by atoms with Crippen LogP contribution in [0.3, 0.4) is 0 Å². The van der Waals surface area contributed by atoms with E-state index in [-0.39, 0.29) is 11.9 Å². The molecule has 0 saturated carbocycles. The molecule has 3 aromatic rings. The summed E-state index contributed by atoms with van der Waals surface area (Å²) < 4.78 is 10.9. The largest absolute Gasteiger partial charge is 0.497 e. The van der Waals surface area contributed by atoms with Crippen molar-refractivity contribution in [2.45, 2.75) is 25.3 Å². The Morgan fingerprint density at radius 2 is 2.35 bits per heavy atom. The number of carbonyl (C=O) groups excluding carboxylic acids is 1. The fourth-order valence-corrected chi connectivity index (χ4v) is 3.16. The number of H-pyrrole nitrogens is 1. The third-order valence-corrected chi connectivity index (χ3v) is 4.49. The molecule has 4 rings (SSSR count). The summed E-state index contributed by atoms with van der Waals surface area (Å²) in [5.41, 5.74) is 2.55. The maximum Gasteiger partial charge on any atom is 0.220 e. The number of pyridine rings is 1. The number of rotatable bonds is 5. The van der Waals surface area contributed by atoms with Gasteiger partial charge in [0.1, 0.15) is 17.3 Å². The number of hydrogen-bond donors (Lipinski definition) is 2. The average molecular weight is 352 g/mol. The highest BCUT2D eigenvalue weighted by atomic mass is 16.5. The third-order valence-electron chi connectivity index (χ3n) is 4.49. The Bertz CT molecular complexity index is 904. The van der Waals surface area contributed by atoms with E-state index in [1.807, 2.05) is 30.3 Å². The summed E-state index contributed by atoms with van der Waals surface area (Å²) in [5.74, 6) is 2.27. The number of nitrogens with zero attached hydrogens (tertiary/aromatic N) is 2. The molecule has 1 unspecified atom stereocenters. The Morgan fingerprint density at radius 1 is 1.42 bits per heavy atom. The minimum absolute atomic E-state index is 0.00733. The van der Waals surface area contributed by atoms with Gasteiger partial charge in [-0.3, -0.25) is 4.79 Å². The summed E-state index contributed by atoms with van der Waals surface area (Å²) in [6.07, 6.45) is 3.36. The highest BCUT2D eigenvalue weighted by Gasteiger charge is 2.23. The lowest BCUT2D eigenvalue weighted by molar-refractivity contribution is -0.122. The summed E-state index contributed by atoms with van der Waals surface area (Å²) in [6, 6.07) is 9.42. The Balaban J connectivity index is 1.39. The highest BCUT2D eigenvalue weighted by Crippen LogP contribution is 2.34. The van der Waals surface area contributed by atoms with E-state index in [2.05, 4.69) is 20.3 Å². The molecular weight excluding hydrogens is 332 g/mol.